The van der Waals surface area contributed by atoms with Crippen LogP contribution in [0.15, 0.2) is 54.8 Å². The van der Waals surface area contributed by atoms with Gasteiger partial charge in [-0.15, -0.1) is 0 Å². The normalized spacial score (nSPS) is 23.6. The Hall–Kier alpha value is -1.96. The van der Waals surface area contributed by atoms with Crippen LogP contribution in [0.25, 0.3) is 6.08 Å². The van der Waals surface area contributed by atoms with Gasteiger partial charge in [0.15, 0.2) is 0 Å². The van der Waals surface area contributed by atoms with Gasteiger partial charge in [-0.2, -0.15) is 0 Å². The van der Waals surface area contributed by atoms with E-state index in [1.165, 1.54) is 0 Å². The van der Waals surface area contributed by atoms with Crippen molar-refractivity contribution in [1.82, 2.24) is 5.32 Å². The Bertz CT molecular complexity index is 458. The van der Waals surface area contributed by atoms with Gasteiger partial charge in [0, 0.05) is 5.69 Å². The van der Waals surface area contributed by atoms with Crippen LogP contribution in [-0.2, 0) is 0 Å². The molecule has 0 spiro atoms. The van der Waals surface area contributed by atoms with Crippen LogP contribution >= 0.6 is 0 Å². The molecule has 1 aromatic carbocycles. The van der Waals surface area contributed by atoms with Gasteiger partial charge in [-0.3, -0.25) is 0 Å². The average Bonchev–Trinajstić information content (AvgIpc) is 2.28. The van der Waals surface area contributed by atoms with Crippen molar-refractivity contribution in [3.05, 3.63) is 60.3 Å². The minimum atomic E-state index is -0.112. The van der Waals surface area contributed by atoms with Gasteiger partial charge in [0.1, 0.15) is 0 Å². The first-order valence-corrected chi connectivity index (χ1v) is 5.35. The van der Waals surface area contributed by atoms with Gasteiger partial charge in [-0.25, -0.2) is 0 Å². The number of nitrogens with two attached hydrogens (primary N) is 1. The van der Waals surface area contributed by atoms with Gasteiger partial charge in [-0.1, -0.05) is 36.4 Å². The van der Waals surface area contributed by atoms with Crippen molar-refractivity contribution in [3.63, 3.8) is 0 Å². The van der Waals surface area contributed by atoms with E-state index in [-0.39, 0.29) is 5.54 Å². The lowest BCUT2D eigenvalue weighted by molar-refractivity contribution is 0.614. The monoisotopic (exact) mass is 212 g/mol. The molecule has 1 aliphatic heterocycles. The molecule has 3 N–H and O–H groups in total. The summed E-state index contributed by atoms with van der Waals surface area (Å²) in [5, 5.41) is 3.29. The Balaban J connectivity index is 2.15. The number of benzene rings is 1. The first kappa shape index (κ1) is 10.6. The van der Waals surface area contributed by atoms with Crippen molar-refractivity contribution in [2.24, 2.45) is 0 Å². The minimum Gasteiger partial charge on any atom is -0.399 e. The van der Waals surface area contributed by atoms with Crippen LogP contribution in [-0.4, -0.2) is 5.54 Å². The summed E-state index contributed by atoms with van der Waals surface area (Å²) in [6, 6.07) is 7.85. The van der Waals surface area contributed by atoms with E-state index in [9.17, 15) is 0 Å². The van der Waals surface area contributed by atoms with Crippen LogP contribution in [0.5, 0.6) is 0 Å². The topological polar surface area (TPSA) is 38.0 Å². The molecule has 0 saturated heterocycles. The highest BCUT2D eigenvalue weighted by Gasteiger charge is 2.15. The fourth-order valence-electron chi connectivity index (χ4n) is 1.62. The third-order valence-electron chi connectivity index (χ3n) is 2.58. The van der Waals surface area contributed by atoms with Crippen molar-refractivity contribution in [2.75, 3.05) is 5.73 Å². The van der Waals surface area contributed by atoms with Gasteiger partial charge < -0.3 is 11.1 Å². The summed E-state index contributed by atoms with van der Waals surface area (Å²) in [6.07, 6.45) is 12.3. The van der Waals surface area contributed by atoms with E-state index in [4.69, 9.17) is 5.73 Å². The molecule has 0 fully saturated rings. The SMILES string of the molecule is CC1(C=Cc2cccc(N)c2)C=CC=CN1. The zero-order valence-electron chi connectivity index (χ0n) is 9.35. The fourth-order valence-corrected chi connectivity index (χ4v) is 1.62. The summed E-state index contributed by atoms with van der Waals surface area (Å²) in [6.45, 7) is 2.12. The molecule has 0 aliphatic carbocycles. The average molecular weight is 212 g/mol. The van der Waals surface area contributed by atoms with E-state index in [0.29, 0.717) is 0 Å². The van der Waals surface area contributed by atoms with E-state index in [1.807, 2.05) is 42.6 Å². The van der Waals surface area contributed by atoms with Crippen LogP contribution < -0.4 is 11.1 Å². The first-order chi connectivity index (χ1) is 7.68. The maximum absolute atomic E-state index is 5.73. The number of dihydropyridines is 1. The van der Waals surface area contributed by atoms with E-state index >= 15 is 0 Å². The molecule has 0 bridgehead atoms. The number of hydrogen-bond donors (Lipinski definition) is 2. The fraction of sp³-hybridized carbons (Fsp3) is 0.143. The predicted molar refractivity (Wildman–Crippen MR) is 69.7 cm³/mol. The Labute approximate surface area is 96.2 Å². The number of anilines is 1. The summed E-state index contributed by atoms with van der Waals surface area (Å²) in [5.74, 6) is 0. The number of rotatable bonds is 2. The number of nitrogens with one attached hydrogen (secondary N) is 1. The molecule has 1 aromatic rings. The van der Waals surface area contributed by atoms with E-state index in [1.54, 1.807) is 0 Å². The van der Waals surface area contributed by atoms with Crippen molar-refractivity contribution in [3.8, 4) is 0 Å². The second-order valence-electron chi connectivity index (χ2n) is 4.15. The van der Waals surface area contributed by atoms with E-state index < -0.39 is 0 Å². The molecule has 82 valence electrons. The molecule has 2 nitrogen and oxygen atoms in total. The van der Waals surface area contributed by atoms with Gasteiger partial charge in [0.25, 0.3) is 0 Å². The van der Waals surface area contributed by atoms with Crippen LogP contribution in [0.1, 0.15) is 12.5 Å². The maximum atomic E-state index is 5.73. The molecule has 0 radical (unpaired) electrons. The molecule has 1 unspecified atom stereocenters. The zero-order valence-corrected chi connectivity index (χ0v) is 9.35. The van der Waals surface area contributed by atoms with Crippen LogP contribution in [0.3, 0.4) is 0 Å². The molecular weight excluding hydrogens is 196 g/mol. The molecule has 0 saturated carbocycles. The molecule has 1 heterocycles. The van der Waals surface area contributed by atoms with E-state index in [2.05, 4.69) is 30.5 Å². The maximum Gasteiger partial charge on any atom is 0.0712 e. The van der Waals surface area contributed by atoms with Gasteiger partial charge in [0.05, 0.1) is 5.54 Å². The van der Waals surface area contributed by atoms with Crippen LogP contribution in [0.4, 0.5) is 5.69 Å². The Morgan fingerprint density at radius 2 is 2.19 bits per heavy atom. The summed E-state index contributed by atoms with van der Waals surface area (Å²) >= 11 is 0. The summed E-state index contributed by atoms with van der Waals surface area (Å²) in [7, 11) is 0. The van der Waals surface area contributed by atoms with Crippen LogP contribution in [0.2, 0.25) is 0 Å². The summed E-state index contributed by atoms with van der Waals surface area (Å²) in [5.41, 5.74) is 7.52. The molecular formula is C14H16N2. The minimum absolute atomic E-state index is 0.112. The summed E-state index contributed by atoms with van der Waals surface area (Å²) < 4.78 is 0. The lowest BCUT2D eigenvalue weighted by atomic mass is 9.98. The van der Waals surface area contributed by atoms with Crippen molar-refractivity contribution in [1.29, 1.82) is 0 Å². The molecule has 2 heteroatoms. The molecule has 16 heavy (non-hydrogen) atoms. The second-order valence-corrected chi connectivity index (χ2v) is 4.15. The molecule has 0 amide bonds. The standard InChI is InChI=1S/C14H16N2/c1-14(8-2-3-10-16-14)9-7-12-5-4-6-13(15)11-12/h2-11,16H,15H2,1H3. The van der Waals surface area contributed by atoms with Gasteiger partial charge in [0.2, 0.25) is 0 Å². The first-order valence-electron chi connectivity index (χ1n) is 5.35. The Morgan fingerprint density at radius 1 is 1.31 bits per heavy atom. The molecule has 1 atom stereocenters. The largest absolute Gasteiger partial charge is 0.399 e. The molecule has 1 aliphatic rings. The Morgan fingerprint density at radius 3 is 2.88 bits per heavy atom. The number of nitrogen functional groups attached to an aromatic ring is 1. The zero-order chi connectivity index (χ0) is 11.4. The van der Waals surface area contributed by atoms with E-state index in [0.717, 1.165) is 11.3 Å². The van der Waals surface area contributed by atoms with Crippen molar-refractivity contribution in [2.45, 2.75) is 12.5 Å². The second kappa shape index (κ2) is 4.27. The quantitative estimate of drug-likeness (QED) is 0.740. The summed E-state index contributed by atoms with van der Waals surface area (Å²) in [4.78, 5) is 0. The van der Waals surface area contributed by atoms with Gasteiger partial charge >= 0.3 is 0 Å². The predicted octanol–water partition coefficient (Wildman–Crippen LogP) is 2.71. The molecule has 0 aromatic heterocycles. The third kappa shape index (κ3) is 2.54. The highest BCUT2D eigenvalue weighted by atomic mass is 14.9. The molecule has 2 rings (SSSR count). The number of hydrogen-bond acceptors (Lipinski definition) is 2. The third-order valence-corrected chi connectivity index (χ3v) is 2.58. The number of allylic oxidation sites excluding steroid dienone is 2. The lowest BCUT2D eigenvalue weighted by Crippen LogP contribution is -2.35. The lowest BCUT2D eigenvalue weighted by Gasteiger charge is -2.24. The van der Waals surface area contributed by atoms with Crippen molar-refractivity contribution < 1.29 is 0 Å². The van der Waals surface area contributed by atoms with Crippen LogP contribution in [0, 0.1) is 0 Å². The highest BCUT2D eigenvalue weighted by Crippen LogP contribution is 2.15. The van der Waals surface area contributed by atoms with Crippen molar-refractivity contribution >= 4 is 11.8 Å². The van der Waals surface area contributed by atoms with Gasteiger partial charge in [-0.05, 0) is 36.9 Å². The highest BCUT2D eigenvalue weighted by molar-refractivity contribution is 5.57. The Kier molecular flexibility index (Phi) is 2.82. The smallest absolute Gasteiger partial charge is 0.0712 e.